The van der Waals surface area contributed by atoms with Gasteiger partial charge in [0.15, 0.2) is 0 Å². The van der Waals surface area contributed by atoms with E-state index < -0.39 is 35.7 Å². The molecule has 0 aliphatic heterocycles. The van der Waals surface area contributed by atoms with Gasteiger partial charge in [-0.05, 0) is 44.0 Å². The highest BCUT2D eigenvalue weighted by molar-refractivity contribution is 5.92. The molecule has 2 aromatic carbocycles. The van der Waals surface area contributed by atoms with Gasteiger partial charge in [-0.25, -0.2) is 9.59 Å². The van der Waals surface area contributed by atoms with Crippen LogP contribution in [0, 0.1) is 0 Å². The summed E-state index contributed by atoms with van der Waals surface area (Å²) < 4.78 is 10.4. The number of H-pyrrole nitrogens is 2. The number of hydrogen-bond acceptors (Lipinski definition) is 5. The number of alkyl carbamates (subject to hydrolysis) is 1. The van der Waals surface area contributed by atoms with E-state index in [1.807, 2.05) is 60.9 Å². The molecule has 0 fully saturated rings. The Morgan fingerprint density at radius 3 is 1.84 bits per heavy atom. The Morgan fingerprint density at radius 1 is 0.811 bits per heavy atom. The molecule has 0 bridgehead atoms. The molecule has 0 radical (unpaired) electrons. The lowest BCUT2D eigenvalue weighted by atomic mass is 10.0. The number of carbonyl (C=O) groups excluding carboxylic acids is 3. The Balaban J connectivity index is 1.58. The molecule has 2 atom stereocenters. The predicted octanol–water partition coefficient (Wildman–Crippen LogP) is 3.99. The van der Waals surface area contributed by atoms with E-state index in [0.717, 1.165) is 32.9 Å². The molecule has 194 valence electrons. The van der Waals surface area contributed by atoms with Crippen molar-refractivity contribution in [3.63, 3.8) is 0 Å². The molecule has 0 saturated carbocycles. The van der Waals surface area contributed by atoms with Crippen molar-refractivity contribution in [3.05, 3.63) is 72.1 Å². The normalized spacial score (nSPS) is 13.2. The number of fused-ring (bicyclic) bond motifs is 2. The lowest BCUT2D eigenvalue weighted by Gasteiger charge is -2.25. The average molecular weight is 505 g/mol. The smallest absolute Gasteiger partial charge is 0.408 e. The third-order valence-electron chi connectivity index (χ3n) is 6.01. The molecule has 0 aliphatic rings. The monoisotopic (exact) mass is 504 g/mol. The van der Waals surface area contributed by atoms with Crippen LogP contribution in [0.1, 0.15) is 31.9 Å². The van der Waals surface area contributed by atoms with Crippen molar-refractivity contribution in [2.24, 2.45) is 0 Å². The zero-order valence-electron chi connectivity index (χ0n) is 21.4. The third-order valence-corrected chi connectivity index (χ3v) is 6.01. The molecule has 2 unspecified atom stereocenters. The second-order valence-corrected chi connectivity index (χ2v) is 9.91. The van der Waals surface area contributed by atoms with Gasteiger partial charge in [-0.3, -0.25) is 4.79 Å². The molecule has 0 saturated heterocycles. The first kappa shape index (κ1) is 25.8. The second-order valence-electron chi connectivity index (χ2n) is 9.91. The molecule has 0 aliphatic carbocycles. The van der Waals surface area contributed by atoms with Crippen molar-refractivity contribution in [2.45, 2.75) is 51.3 Å². The number of rotatable bonds is 8. The first-order valence-electron chi connectivity index (χ1n) is 12.1. The minimum Gasteiger partial charge on any atom is -0.467 e. The van der Waals surface area contributed by atoms with Crippen LogP contribution in [-0.2, 0) is 31.9 Å². The molecule has 9 heteroatoms. The van der Waals surface area contributed by atoms with Crippen LogP contribution in [0.3, 0.4) is 0 Å². The standard InChI is InChI=1S/C28H32N4O5/c1-28(2,3)37-27(35)32-23(13-17-15-29-21-11-7-5-9-19(17)21)25(33)31-24(26(34)36-4)14-18-16-30-22-12-8-6-10-20(18)22/h5-12,15-16,23-24,29-30H,13-14H2,1-4H3,(H,31,33)(H,32,35). The van der Waals surface area contributed by atoms with Crippen molar-refractivity contribution in [3.8, 4) is 0 Å². The van der Waals surface area contributed by atoms with E-state index in [9.17, 15) is 14.4 Å². The lowest BCUT2D eigenvalue weighted by molar-refractivity contribution is -0.145. The number of carbonyl (C=O) groups is 3. The Hall–Kier alpha value is -4.27. The number of esters is 1. The fraction of sp³-hybridized carbons (Fsp3) is 0.321. The molecular weight excluding hydrogens is 472 g/mol. The van der Waals surface area contributed by atoms with E-state index in [-0.39, 0.29) is 12.8 Å². The molecule has 4 rings (SSSR count). The first-order chi connectivity index (χ1) is 17.6. The molecule has 4 aromatic rings. The predicted molar refractivity (Wildman–Crippen MR) is 141 cm³/mol. The largest absolute Gasteiger partial charge is 0.467 e. The van der Waals surface area contributed by atoms with E-state index in [1.165, 1.54) is 7.11 Å². The number of benzene rings is 2. The molecule has 0 spiro atoms. The van der Waals surface area contributed by atoms with Gasteiger partial charge in [0.25, 0.3) is 0 Å². The number of methoxy groups -OCH3 is 1. The van der Waals surface area contributed by atoms with E-state index in [1.54, 1.807) is 20.8 Å². The summed E-state index contributed by atoms with van der Waals surface area (Å²) in [5.74, 6) is -1.10. The van der Waals surface area contributed by atoms with Crippen LogP contribution in [0.15, 0.2) is 60.9 Å². The van der Waals surface area contributed by atoms with Gasteiger partial charge in [-0.2, -0.15) is 0 Å². The fourth-order valence-corrected chi connectivity index (χ4v) is 4.31. The van der Waals surface area contributed by atoms with Crippen LogP contribution < -0.4 is 10.6 Å². The zero-order chi connectivity index (χ0) is 26.6. The molecule has 4 N–H and O–H groups in total. The average Bonchev–Trinajstić information content (AvgIpc) is 3.46. The SMILES string of the molecule is COC(=O)C(Cc1c[nH]c2ccccc12)NC(=O)C(Cc1c[nH]c2ccccc12)NC(=O)OC(C)(C)C. The minimum atomic E-state index is -0.996. The van der Waals surface area contributed by atoms with Crippen LogP contribution >= 0.6 is 0 Å². The van der Waals surface area contributed by atoms with Crippen LogP contribution in [0.4, 0.5) is 4.79 Å². The van der Waals surface area contributed by atoms with Gasteiger partial charge in [0.05, 0.1) is 7.11 Å². The van der Waals surface area contributed by atoms with E-state index in [2.05, 4.69) is 20.6 Å². The Kier molecular flexibility index (Phi) is 7.52. The summed E-state index contributed by atoms with van der Waals surface area (Å²) in [4.78, 5) is 45.2. The number of ether oxygens (including phenoxy) is 2. The van der Waals surface area contributed by atoms with Gasteiger partial charge in [-0.15, -0.1) is 0 Å². The zero-order valence-corrected chi connectivity index (χ0v) is 21.4. The summed E-state index contributed by atoms with van der Waals surface area (Å²) in [5, 5.41) is 7.36. The molecular formula is C28H32N4O5. The van der Waals surface area contributed by atoms with Crippen molar-refractivity contribution < 1.29 is 23.9 Å². The number of amides is 2. The molecule has 2 aromatic heterocycles. The van der Waals surface area contributed by atoms with Crippen molar-refractivity contribution >= 4 is 39.8 Å². The van der Waals surface area contributed by atoms with Crippen molar-refractivity contribution in [1.82, 2.24) is 20.6 Å². The maximum atomic E-state index is 13.5. The number of hydrogen-bond donors (Lipinski definition) is 4. The molecule has 2 heterocycles. The first-order valence-corrected chi connectivity index (χ1v) is 12.1. The number of para-hydroxylation sites is 2. The van der Waals surface area contributed by atoms with Crippen molar-refractivity contribution in [2.75, 3.05) is 7.11 Å². The minimum absolute atomic E-state index is 0.191. The maximum absolute atomic E-state index is 13.5. The summed E-state index contributed by atoms with van der Waals surface area (Å²) in [6, 6.07) is 13.5. The van der Waals surface area contributed by atoms with Gasteiger partial charge in [0, 0.05) is 47.0 Å². The molecule has 37 heavy (non-hydrogen) atoms. The van der Waals surface area contributed by atoms with E-state index in [4.69, 9.17) is 9.47 Å². The van der Waals surface area contributed by atoms with Gasteiger partial charge >= 0.3 is 12.1 Å². The summed E-state index contributed by atoms with van der Waals surface area (Å²) in [5.41, 5.74) is 2.81. The van der Waals surface area contributed by atoms with E-state index >= 15 is 0 Å². The second kappa shape index (κ2) is 10.8. The molecule has 2 amide bonds. The van der Waals surface area contributed by atoms with Crippen LogP contribution in [0.2, 0.25) is 0 Å². The van der Waals surface area contributed by atoms with Crippen LogP contribution in [-0.4, -0.2) is 52.7 Å². The highest BCUT2D eigenvalue weighted by Gasteiger charge is 2.30. The summed E-state index contributed by atoms with van der Waals surface area (Å²) in [6.07, 6.45) is 3.31. The summed E-state index contributed by atoms with van der Waals surface area (Å²) >= 11 is 0. The van der Waals surface area contributed by atoms with Gasteiger partial charge in [-0.1, -0.05) is 36.4 Å². The summed E-state index contributed by atoms with van der Waals surface area (Å²) in [6.45, 7) is 5.24. The van der Waals surface area contributed by atoms with E-state index in [0.29, 0.717) is 0 Å². The Labute approximate surface area is 214 Å². The highest BCUT2D eigenvalue weighted by atomic mass is 16.6. The number of aromatic nitrogens is 2. The lowest BCUT2D eigenvalue weighted by Crippen LogP contribution is -2.53. The molecule has 9 nitrogen and oxygen atoms in total. The van der Waals surface area contributed by atoms with Crippen LogP contribution in [0.5, 0.6) is 0 Å². The Bertz CT molecular complexity index is 1410. The van der Waals surface area contributed by atoms with Gasteiger partial charge < -0.3 is 30.1 Å². The topological polar surface area (TPSA) is 125 Å². The third kappa shape index (κ3) is 6.30. The maximum Gasteiger partial charge on any atom is 0.408 e. The van der Waals surface area contributed by atoms with Gasteiger partial charge in [0.1, 0.15) is 17.7 Å². The highest BCUT2D eigenvalue weighted by Crippen LogP contribution is 2.21. The van der Waals surface area contributed by atoms with Crippen molar-refractivity contribution in [1.29, 1.82) is 0 Å². The summed E-state index contributed by atoms with van der Waals surface area (Å²) in [7, 11) is 1.28. The quantitative estimate of drug-likeness (QED) is 0.270. The van der Waals surface area contributed by atoms with Gasteiger partial charge in [0.2, 0.25) is 5.91 Å². The Morgan fingerprint density at radius 2 is 1.32 bits per heavy atom. The number of nitrogens with one attached hydrogen (secondary N) is 4. The fourth-order valence-electron chi connectivity index (χ4n) is 4.31. The number of aromatic amines is 2. The van der Waals surface area contributed by atoms with Crippen LogP contribution in [0.25, 0.3) is 21.8 Å².